The highest BCUT2D eigenvalue weighted by atomic mass is 35.5. The number of nitrogens with one attached hydrogen (secondary N) is 1. The molecule has 0 bridgehead atoms. The van der Waals surface area contributed by atoms with Gasteiger partial charge in [0, 0.05) is 43.5 Å². The molecule has 41 heavy (non-hydrogen) atoms. The number of aromatic nitrogens is 2. The number of rotatable bonds is 5. The highest BCUT2D eigenvalue weighted by molar-refractivity contribution is 6.33. The molecule has 3 aliphatic rings. The SMILES string of the molecule is CC1=CC(Nc2cc(N3CCN(c4cccc(C(F)(F)F)c4)CC3)nc(Oc3ccc4c(c3Cl)C=C(C)C4)n2)=NC1. The summed E-state index contributed by atoms with van der Waals surface area (Å²) in [6.45, 7) is 6.86. The standard InChI is InChI=1S/C30H28ClF3N6O/c1-18-12-20-6-7-24(28(31)23(20)13-18)41-29-37-26(36-25-14-19(2)17-35-25)16-27(38-29)40-10-8-39(9-11-40)22-5-3-4-21(15-22)30(32,33)34/h3-7,13-16H,8-12,17H2,1-2H3,(H,35,36,37,38). The minimum atomic E-state index is -4.38. The molecule has 0 unspecified atom stereocenters. The van der Waals surface area contributed by atoms with Crippen molar-refractivity contribution in [3.8, 4) is 11.8 Å². The molecule has 0 spiro atoms. The Morgan fingerprint density at radius 1 is 0.927 bits per heavy atom. The summed E-state index contributed by atoms with van der Waals surface area (Å²) in [5, 5.41) is 3.76. The Bertz CT molecular complexity index is 1590. The molecule has 7 nitrogen and oxygen atoms in total. The maximum absolute atomic E-state index is 13.2. The fraction of sp³-hybridized carbons (Fsp3) is 0.300. The van der Waals surface area contributed by atoms with E-state index in [0.717, 1.165) is 29.2 Å². The molecule has 1 aliphatic carbocycles. The fourth-order valence-electron chi connectivity index (χ4n) is 5.20. The lowest BCUT2D eigenvalue weighted by Crippen LogP contribution is -2.47. The third-order valence-electron chi connectivity index (χ3n) is 7.27. The van der Waals surface area contributed by atoms with Crippen LogP contribution in [-0.4, -0.2) is 48.5 Å². The number of halogens is 4. The number of piperazine rings is 1. The van der Waals surface area contributed by atoms with E-state index in [2.05, 4.69) is 33.2 Å². The van der Waals surface area contributed by atoms with Gasteiger partial charge in [0.1, 0.15) is 23.2 Å². The highest BCUT2D eigenvalue weighted by Crippen LogP contribution is 2.39. The minimum absolute atomic E-state index is 0.130. The highest BCUT2D eigenvalue weighted by Gasteiger charge is 2.31. The molecule has 1 N–H and O–H groups in total. The molecule has 11 heteroatoms. The first-order valence-corrected chi connectivity index (χ1v) is 13.7. The summed E-state index contributed by atoms with van der Waals surface area (Å²) in [4.78, 5) is 17.8. The van der Waals surface area contributed by atoms with Crippen molar-refractivity contribution in [2.45, 2.75) is 26.4 Å². The van der Waals surface area contributed by atoms with Crippen LogP contribution in [0.4, 0.5) is 30.5 Å². The van der Waals surface area contributed by atoms with Crippen LogP contribution in [0.3, 0.4) is 0 Å². The molecule has 2 aromatic carbocycles. The quantitative estimate of drug-likeness (QED) is 0.351. The summed E-state index contributed by atoms with van der Waals surface area (Å²) >= 11 is 6.71. The van der Waals surface area contributed by atoms with Crippen LogP contribution in [-0.2, 0) is 12.6 Å². The number of allylic oxidation sites excluding steroid dienone is 1. The van der Waals surface area contributed by atoms with E-state index in [1.807, 2.05) is 36.1 Å². The summed E-state index contributed by atoms with van der Waals surface area (Å²) in [7, 11) is 0. The molecule has 0 radical (unpaired) electrons. The van der Waals surface area contributed by atoms with Crippen molar-refractivity contribution < 1.29 is 17.9 Å². The topological polar surface area (TPSA) is 65.9 Å². The van der Waals surface area contributed by atoms with Gasteiger partial charge in [-0.05, 0) is 61.7 Å². The zero-order chi connectivity index (χ0) is 28.7. The van der Waals surface area contributed by atoms with Crippen LogP contribution in [0.25, 0.3) is 6.08 Å². The molecule has 6 rings (SSSR count). The van der Waals surface area contributed by atoms with Crippen molar-refractivity contribution in [3.05, 3.63) is 81.4 Å². The van der Waals surface area contributed by atoms with Gasteiger partial charge in [-0.1, -0.05) is 35.4 Å². The predicted molar refractivity (Wildman–Crippen MR) is 156 cm³/mol. The number of ether oxygens (including phenoxy) is 1. The number of amidine groups is 1. The number of hydrogen-bond donors (Lipinski definition) is 1. The zero-order valence-corrected chi connectivity index (χ0v) is 23.4. The second kappa shape index (κ2) is 10.7. The molecular formula is C30H28ClF3N6O. The summed E-state index contributed by atoms with van der Waals surface area (Å²) < 4.78 is 45.9. The van der Waals surface area contributed by atoms with Crippen molar-refractivity contribution in [1.82, 2.24) is 9.97 Å². The molecule has 1 aromatic heterocycles. The van der Waals surface area contributed by atoms with Crippen molar-refractivity contribution in [2.24, 2.45) is 4.99 Å². The first-order valence-electron chi connectivity index (χ1n) is 13.3. The molecule has 0 amide bonds. The minimum Gasteiger partial charge on any atom is -0.423 e. The van der Waals surface area contributed by atoms with Crippen LogP contribution in [0, 0.1) is 0 Å². The first-order chi connectivity index (χ1) is 19.6. The summed E-state index contributed by atoms with van der Waals surface area (Å²) in [5.41, 5.74) is 4.36. The number of anilines is 3. The van der Waals surface area contributed by atoms with Gasteiger partial charge >= 0.3 is 12.2 Å². The van der Waals surface area contributed by atoms with Gasteiger partial charge in [0.05, 0.1) is 17.1 Å². The van der Waals surface area contributed by atoms with Crippen LogP contribution in [0.1, 0.15) is 30.5 Å². The van der Waals surface area contributed by atoms with Crippen LogP contribution in [0.15, 0.2) is 64.7 Å². The van der Waals surface area contributed by atoms with Crippen molar-refractivity contribution in [3.63, 3.8) is 0 Å². The third-order valence-corrected chi connectivity index (χ3v) is 7.66. The van der Waals surface area contributed by atoms with E-state index in [0.29, 0.717) is 66.7 Å². The Morgan fingerprint density at radius 3 is 2.44 bits per heavy atom. The first kappa shape index (κ1) is 27.1. The van der Waals surface area contributed by atoms with Crippen molar-refractivity contribution >= 4 is 40.8 Å². The van der Waals surface area contributed by atoms with Crippen LogP contribution in [0.2, 0.25) is 5.02 Å². The average Bonchev–Trinajstić information content (AvgIpc) is 3.54. The lowest BCUT2D eigenvalue weighted by atomic mass is 10.1. The Balaban J connectivity index is 1.25. The Labute approximate surface area is 241 Å². The van der Waals surface area contributed by atoms with E-state index < -0.39 is 11.7 Å². The normalized spacial score (nSPS) is 16.8. The zero-order valence-electron chi connectivity index (χ0n) is 22.6. The molecule has 0 atom stereocenters. The second-order valence-electron chi connectivity index (χ2n) is 10.5. The Hall–Kier alpha value is -4.05. The second-order valence-corrected chi connectivity index (χ2v) is 10.8. The van der Waals surface area contributed by atoms with Crippen LogP contribution >= 0.6 is 11.6 Å². The van der Waals surface area contributed by atoms with E-state index in [9.17, 15) is 13.2 Å². The monoisotopic (exact) mass is 580 g/mol. The third kappa shape index (κ3) is 5.88. The molecule has 3 aromatic rings. The van der Waals surface area contributed by atoms with Crippen molar-refractivity contribution in [1.29, 1.82) is 0 Å². The van der Waals surface area contributed by atoms with E-state index in [-0.39, 0.29) is 6.01 Å². The average molecular weight is 581 g/mol. The Morgan fingerprint density at radius 2 is 1.71 bits per heavy atom. The predicted octanol–water partition coefficient (Wildman–Crippen LogP) is 7.00. The van der Waals surface area contributed by atoms with Gasteiger partial charge in [-0.25, -0.2) is 0 Å². The number of nitrogens with zero attached hydrogens (tertiary/aromatic N) is 5. The smallest absolute Gasteiger partial charge is 0.416 e. The number of aliphatic imine (C=N–C) groups is 1. The molecular weight excluding hydrogens is 553 g/mol. The van der Waals surface area contributed by atoms with E-state index >= 15 is 0 Å². The summed E-state index contributed by atoms with van der Waals surface area (Å²) in [5.74, 6) is 2.31. The number of alkyl halides is 3. The number of fused-ring (bicyclic) bond motifs is 1. The number of benzene rings is 2. The van der Waals surface area contributed by atoms with Gasteiger partial charge in [-0.15, -0.1) is 0 Å². The van der Waals surface area contributed by atoms with E-state index in [1.165, 1.54) is 17.7 Å². The molecule has 1 fully saturated rings. The fourth-order valence-corrected chi connectivity index (χ4v) is 5.47. The molecule has 1 saturated heterocycles. The maximum atomic E-state index is 13.2. The van der Waals surface area contributed by atoms with Gasteiger partial charge in [-0.3, -0.25) is 4.99 Å². The van der Waals surface area contributed by atoms with E-state index in [4.69, 9.17) is 21.3 Å². The van der Waals surface area contributed by atoms with Gasteiger partial charge in [0.2, 0.25) is 0 Å². The van der Waals surface area contributed by atoms with E-state index in [1.54, 1.807) is 6.07 Å². The van der Waals surface area contributed by atoms with Crippen LogP contribution < -0.4 is 19.9 Å². The van der Waals surface area contributed by atoms with Gasteiger partial charge in [0.25, 0.3) is 0 Å². The molecule has 3 heterocycles. The van der Waals surface area contributed by atoms with Crippen LogP contribution in [0.5, 0.6) is 11.8 Å². The number of hydrogen-bond acceptors (Lipinski definition) is 7. The largest absolute Gasteiger partial charge is 0.423 e. The molecule has 2 aliphatic heterocycles. The maximum Gasteiger partial charge on any atom is 0.416 e. The molecule has 212 valence electrons. The van der Waals surface area contributed by atoms with Gasteiger partial charge in [-0.2, -0.15) is 23.1 Å². The summed E-state index contributed by atoms with van der Waals surface area (Å²) in [6, 6.07) is 11.2. The summed E-state index contributed by atoms with van der Waals surface area (Å²) in [6.07, 6.45) is 0.497. The molecule has 0 saturated carbocycles. The lowest BCUT2D eigenvalue weighted by molar-refractivity contribution is -0.137. The lowest BCUT2D eigenvalue weighted by Gasteiger charge is -2.37. The van der Waals surface area contributed by atoms with Gasteiger partial charge in [0.15, 0.2) is 0 Å². The Kier molecular flexibility index (Phi) is 7.11. The van der Waals surface area contributed by atoms with Gasteiger partial charge < -0.3 is 19.9 Å². The van der Waals surface area contributed by atoms with Crippen molar-refractivity contribution in [2.75, 3.05) is 47.8 Å².